The molecule has 3 rings (SSSR count). The number of non-ortho nitro benzene ring substituents is 1. The number of nitrogens with one attached hydrogen (secondary N) is 2. The van der Waals surface area contributed by atoms with Crippen LogP contribution in [-0.4, -0.2) is 40.8 Å². The second-order valence-electron chi connectivity index (χ2n) is 10.2. The first-order valence-corrected chi connectivity index (χ1v) is 14.1. The Balaban J connectivity index is 1.59. The van der Waals surface area contributed by atoms with E-state index in [0.717, 1.165) is 0 Å². The van der Waals surface area contributed by atoms with E-state index in [1.165, 1.54) is 31.2 Å². The van der Waals surface area contributed by atoms with Crippen molar-refractivity contribution in [3.63, 3.8) is 0 Å². The van der Waals surface area contributed by atoms with E-state index < -0.39 is 36.4 Å². The lowest BCUT2D eigenvalue weighted by atomic mass is 9.93. The summed E-state index contributed by atoms with van der Waals surface area (Å²) in [4.78, 5) is 35.2. The largest absolute Gasteiger partial charge is 0.513 e. The minimum absolute atomic E-state index is 0.0451. The Morgan fingerprint density at radius 3 is 2.08 bits per heavy atom. The Morgan fingerprint density at radius 1 is 0.974 bits per heavy atom. The molecule has 1 fully saturated rings. The average molecular weight is 564 g/mol. The van der Waals surface area contributed by atoms with Gasteiger partial charge in [-0.05, 0) is 77.6 Å². The lowest BCUT2D eigenvalue weighted by Crippen LogP contribution is -2.43. The zero-order valence-corrected chi connectivity index (χ0v) is 23.2. The number of hydrogen-bond acceptors (Lipinski definition) is 9. The fraction of sp³-hybridized carbons (Fsp3) is 0.462. The molecule has 0 aromatic heterocycles. The van der Waals surface area contributed by atoms with Gasteiger partial charge in [-0.15, -0.1) is 0 Å². The van der Waals surface area contributed by atoms with Crippen molar-refractivity contribution >= 4 is 25.5 Å². The van der Waals surface area contributed by atoms with Crippen LogP contribution in [0.15, 0.2) is 54.6 Å². The minimum atomic E-state index is -4.19. The van der Waals surface area contributed by atoms with E-state index in [4.69, 9.17) is 18.5 Å². The lowest BCUT2D eigenvalue weighted by Gasteiger charge is -2.30. The first-order valence-electron chi connectivity index (χ1n) is 12.6. The maximum absolute atomic E-state index is 13.7. The van der Waals surface area contributed by atoms with Crippen molar-refractivity contribution in [3.05, 3.63) is 64.7 Å². The Bertz CT molecular complexity index is 1180. The zero-order valence-electron chi connectivity index (χ0n) is 22.3. The molecule has 0 aliphatic heterocycles. The smallest absolute Gasteiger partial charge is 0.461 e. The number of benzene rings is 2. The highest BCUT2D eigenvalue weighted by Crippen LogP contribution is 2.45. The molecule has 12 nitrogen and oxygen atoms in total. The Morgan fingerprint density at radius 2 is 1.54 bits per heavy atom. The van der Waals surface area contributed by atoms with Gasteiger partial charge >= 0.3 is 19.8 Å². The van der Waals surface area contributed by atoms with Crippen LogP contribution in [0.4, 0.5) is 10.5 Å². The minimum Gasteiger partial charge on any atom is -0.461 e. The summed E-state index contributed by atoms with van der Waals surface area (Å²) in [5.74, 6) is -0.377. The molecule has 1 aliphatic rings. The number of nitrogens with zero attached hydrogens (tertiary/aromatic N) is 1. The Labute approximate surface area is 227 Å². The topological polar surface area (TPSA) is 155 Å². The van der Waals surface area contributed by atoms with Gasteiger partial charge in [-0.25, -0.2) is 9.36 Å². The Kier molecular flexibility index (Phi) is 9.93. The van der Waals surface area contributed by atoms with Crippen LogP contribution >= 0.6 is 7.75 Å². The van der Waals surface area contributed by atoms with Gasteiger partial charge < -0.3 is 23.8 Å². The molecule has 1 amide bonds. The van der Waals surface area contributed by atoms with Crippen molar-refractivity contribution in [2.24, 2.45) is 0 Å². The molecule has 0 heterocycles. The number of amides is 1. The van der Waals surface area contributed by atoms with Crippen molar-refractivity contribution in [1.82, 2.24) is 10.4 Å². The molecule has 13 heteroatoms. The summed E-state index contributed by atoms with van der Waals surface area (Å²) >= 11 is 0. The fourth-order valence-electron chi connectivity index (χ4n) is 3.81. The summed E-state index contributed by atoms with van der Waals surface area (Å²) in [7, 11) is -4.19. The summed E-state index contributed by atoms with van der Waals surface area (Å²) < 4.78 is 35.8. The molecule has 1 saturated carbocycles. The zero-order chi connectivity index (χ0) is 28.6. The van der Waals surface area contributed by atoms with E-state index in [2.05, 4.69) is 10.4 Å². The van der Waals surface area contributed by atoms with Gasteiger partial charge in [0, 0.05) is 18.2 Å². The van der Waals surface area contributed by atoms with Gasteiger partial charge in [-0.2, -0.15) is 5.09 Å². The van der Waals surface area contributed by atoms with Gasteiger partial charge in [0.05, 0.1) is 4.92 Å². The van der Waals surface area contributed by atoms with Gasteiger partial charge in [0.15, 0.2) is 0 Å². The Hall–Kier alpha value is -3.63. The number of carbonyl (C=O) groups is 2. The van der Waals surface area contributed by atoms with E-state index in [-0.39, 0.29) is 29.3 Å². The van der Waals surface area contributed by atoms with Crippen molar-refractivity contribution in [2.75, 3.05) is 0 Å². The maximum atomic E-state index is 13.7. The predicted octanol–water partition coefficient (Wildman–Crippen LogP) is 5.52. The molecule has 2 N–H and O–H groups in total. The van der Waals surface area contributed by atoms with E-state index in [1.54, 1.807) is 51.1 Å². The number of alkyl carbamates (subject to hydrolysis) is 1. The normalized spacial score (nSPS) is 19.6. The number of rotatable bonds is 10. The molecule has 0 radical (unpaired) electrons. The first-order chi connectivity index (χ1) is 18.3. The van der Waals surface area contributed by atoms with Crippen LogP contribution in [0.5, 0.6) is 11.5 Å². The van der Waals surface area contributed by atoms with E-state index in [9.17, 15) is 24.3 Å². The van der Waals surface area contributed by atoms with E-state index in [1.807, 2.05) is 0 Å². The average Bonchev–Trinajstić information content (AvgIpc) is 2.84. The van der Waals surface area contributed by atoms with E-state index in [0.29, 0.717) is 25.7 Å². The highest BCUT2D eigenvalue weighted by molar-refractivity contribution is 7.52. The van der Waals surface area contributed by atoms with Crippen LogP contribution < -0.4 is 19.5 Å². The van der Waals surface area contributed by atoms with Crippen molar-refractivity contribution in [2.45, 2.75) is 77.2 Å². The second kappa shape index (κ2) is 12.9. The number of nitro benzene ring substituents is 1. The van der Waals surface area contributed by atoms with Gasteiger partial charge in [-0.1, -0.05) is 18.2 Å². The number of nitro groups is 1. The SMILES string of the molecule is C[C@H](NP(=O)(Oc1ccccc1)Oc1ccc([N+](=O)[O-])cc1)C(=O)OC1CCC(NC(=O)OC(C)(C)C)CC1. The molecule has 0 bridgehead atoms. The number of para-hydroxylation sites is 1. The molecule has 2 atom stereocenters. The number of hydrogen-bond donors (Lipinski definition) is 2. The third-order valence-electron chi connectivity index (χ3n) is 5.63. The van der Waals surface area contributed by atoms with Crippen molar-refractivity contribution in [3.8, 4) is 11.5 Å². The van der Waals surface area contributed by atoms with Crippen LogP contribution in [0.3, 0.4) is 0 Å². The fourth-order valence-corrected chi connectivity index (χ4v) is 5.34. The van der Waals surface area contributed by atoms with Crippen LogP contribution in [-0.2, 0) is 18.8 Å². The summed E-state index contributed by atoms with van der Waals surface area (Å²) in [5, 5.41) is 16.4. The molecular weight excluding hydrogens is 529 g/mol. The summed E-state index contributed by atoms with van der Waals surface area (Å²) in [6.07, 6.45) is 1.44. The third kappa shape index (κ3) is 9.88. The second-order valence-corrected chi connectivity index (χ2v) is 11.8. The summed E-state index contributed by atoms with van der Waals surface area (Å²) in [6, 6.07) is 12.1. The number of esters is 1. The molecule has 212 valence electrons. The molecule has 2 aromatic rings. The van der Waals surface area contributed by atoms with Crippen molar-refractivity contribution in [1.29, 1.82) is 0 Å². The number of carbonyl (C=O) groups excluding carboxylic acids is 2. The summed E-state index contributed by atoms with van der Waals surface area (Å²) in [6.45, 7) is 6.84. The van der Waals surface area contributed by atoms with Gasteiger partial charge in [-0.3, -0.25) is 14.9 Å². The molecular formula is C26H34N3O9P. The molecule has 1 unspecified atom stereocenters. The molecule has 2 aromatic carbocycles. The van der Waals surface area contributed by atoms with Crippen molar-refractivity contribution < 1.29 is 37.6 Å². The number of ether oxygens (including phenoxy) is 2. The van der Waals surface area contributed by atoms with Crippen LogP contribution in [0.25, 0.3) is 0 Å². The van der Waals surface area contributed by atoms with Crippen LogP contribution in [0.1, 0.15) is 53.4 Å². The van der Waals surface area contributed by atoms with Gasteiger partial charge in [0.25, 0.3) is 5.69 Å². The monoisotopic (exact) mass is 563 g/mol. The quantitative estimate of drug-likeness (QED) is 0.163. The van der Waals surface area contributed by atoms with Crippen LogP contribution in [0, 0.1) is 10.1 Å². The van der Waals surface area contributed by atoms with Crippen LogP contribution in [0.2, 0.25) is 0 Å². The predicted molar refractivity (Wildman–Crippen MR) is 143 cm³/mol. The van der Waals surface area contributed by atoms with Gasteiger partial charge in [0.1, 0.15) is 29.2 Å². The highest BCUT2D eigenvalue weighted by atomic mass is 31.2. The molecule has 0 saturated heterocycles. The standard InChI is InChI=1S/C26H34N3O9P/c1-18(24(30)35-21-14-10-19(11-15-21)27-25(31)36-26(2,3)4)28-39(34,37-22-8-6-5-7-9-22)38-23-16-12-20(13-17-23)29(32)33/h5-9,12-13,16-19,21H,10-11,14-15H2,1-4H3,(H,27,31)(H,28,34)/t18-,19?,21?,39?/m0/s1. The lowest BCUT2D eigenvalue weighted by molar-refractivity contribution is -0.384. The maximum Gasteiger partial charge on any atom is 0.513 e. The first kappa shape index (κ1) is 29.9. The van der Waals surface area contributed by atoms with Gasteiger partial charge in [0.2, 0.25) is 0 Å². The molecule has 39 heavy (non-hydrogen) atoms. The highest BCUT2D eigenvalue weighted by Gasteiger charge is 2.35. The van der Waals surface area contributed by atoms with E-state index >= 15 is 0 Å². The third-order valence-corrected chi connectivity index (χ3v) is 7.23. The molecule has 1 aliphatic carbocycles. The molecule has 0 spiro atoms. The summed E-state index contributed by atoms with van der Waals surface area (Å²) in [5.41, 5.74) is -0.756.